The molecule has 2 heterocycles. The molecule has 0 aliphatic rings. The number of hydrogen-bond acceptors (Lipinski definition) is 4. The van der Waals surface area contributed by atoms with Crippen molar-refractivity contribution in [1.29, 1.82) is 0 Å². The van der Waals surface area contributed by atoms with Gasteiger partial charge in [-0.2, -0.15) is 10.2 Å². The molecule has 0 amide bonds. The van der Waals surface area contributed by atoms with Crippen LogP contribution in [0.3, 0.4) is 0 Å². The van der Waals surface area contributed by atoms with Crippen LogP contribution in [0.2, 0.25) is 0 Å². The summed E-state index contributed by atoms with van der Waals surface area (Å²) in [5, 5.41) is 11.4. The van der Waals surface area contributed by atoms with Crippen molar-refractivity contribution in [2.45, 2.75) is 0 Å². The van der Waals surface area contributed by atoms with Gasteiger partial charge in [-0.25, -0.2) is 4.68 Å². The second-order valence-corrected chi connectivity index (χ2v) is 3.54. The highest BCUT2D eigenvalue weighted by molar-refractivity contribution is 14.1. The van der Waals surface area contributed by atoms with Crippen LogP contribution in [0.25, 0.3) is 5.69 Å². The average molecular weight is 305 g/mol. The number of hydrogen-bond donors (Lipinski definition) is 0. The van der Waals surface area contributed by atoms with Crippen LogP contribution in [-0.4, -0.2) is 27.0 Å². The third kappa shape index (κ3) is 1.84. The maximum atomic E-state index is 6.97. The highest BCUT2D eigenvalue weighted by Crippen LogP contribution is 2.11. The van der Waals surface area contributed by atoms with Crippen molar-refractivity contribution in [3.05, 3.63) is 28.2 Å². The maximum Gasteiger partial charge on any atom is 0.235 e. The van der Waals surface area contributed by atoms with Crippen molar-refractivity contribution in [3.8, 4) is 11.6 Å². The van der Waals surface area contributed by atoms with E-state index in [0.29, 0.717) is 5.69 Å². The average Bonchev–Trinajstić information content (AvgIpc) is 2.63. The minimum Gasteiger partial charge on any atom is -0.480 e. The molecule has 0 aliphatic carbocycles. The first-order chi connectivity index (χ1) is 7.94. The topological polar surface area (TPSA) is 52.8 Å². The lowest BCUT2D eigenvalue weighted by Gasteiger charge is -2.01. The molecule has 0 unspecified atom stereocenters. The quantitative estimate of drug-likeness (QED) is 0.784. The molecule has 2 aromatic heterocycles. The Morgan fingerprint density at radius 2 is 2.57 bits per heavy atom. The second-order valence-electron chi connectivity index (χ2n) is 2.44. The standard InChI is InChI=1S/C8H7IN4O/c1-14-8-4-6(5-10-11-8)13-3-2-7(9)12-13/h2-5H,1H3/i1D3. The summed E-state index contributed by atoms with van der Waals surface area (Å²) < 4.78 is 27.9. The molecule has 0 bridgehead atoms. The van der Waals surface area contributed by atoms with E-state index in [2.05, 4.69) is 42.6 Å². The molecule has 2 aromatic rings. The van der Waals surface area contributed by atoms with Gasteiger partial charge in [0, 0.05) is 12.3 Å². The summed E-state index contributed by atoms with van der Waals surface area (Å²) in [6.45, 7) is 0. The van der Waals surface area contributed by atoms with Crippen molar-refractivity contribution < 1.29 is 8.85 Å². The SMILES string of the molecule is [2H]C([2H])([2H])Oc1cc(-n2ccc(I)n2)cnn1. The van der Waals surface area contributed by atoms with Gasteiger partial charge < -0.3 is 4.74 Å². The van der Waals surface area contributed by atoms with E-state index in [4.69, 9.17) is 4.11 Å². The van der Waals surface area contributed by atoms with Gasteiger partial charge in [-0.15, -0.1) is 5.10 Å². The number of halogens is 1. The molecule has 0 aromatic carbocycles. The molecule has 0 radical (unpaired) electrons. The first kappa shape index (κ1) is 6.33. The monoisotopic (exact) mass is 305 g/mol. The summed E-state index contributed by atoms with van der Waals surface area (Å²) in [6.07, 6.45) is 3.20. The Bertz CT molecular complexity index is 527. The molecule has 2 rings (SSSR count). The molecule has 0 atom stereocenters. The predicted octanol–water partition coefficient (Wildman–Crippen LogP) is 1.28. The first-order valence-corrected chi connectivity index (χ1v) is 4.75. The zero-order valence-corrected chi connectivity index (χ0v) is 9.04. The molecular formula is C8H7IN4O. The first-order valence-electron chi connectivity index (χ1n) is 5.17. The fourth-order valence-electron chi connectivity index (χ4n) is 0.958. The van der Waals surface area contributed by atoms with Gasteiger partial charge in [0.15, 0.2) is 0 Å². The molecule has 0 fully saturated rings. The van der Waals surface area contributed by atoms with E-state index in [0.717, 1.165) is 3.70 Å². The highest BCUT2D eigenvalue weighted by Gasteiger charge is 2.01. The lowest BCUT2D eigenvalue weighted by Crippen LogP contribution is -1.98. The lowest BCUT2D eigenvalue weighted by molar-refractivity contribution is 0.391. The molecule has 0 saturated heterocycles. The molecular weight excluding hydrogens is 295 g/mol. The molecule has 14 heavy (non-hydrogen) atoms. The summed E-state index contributed by atoms with van der Waals surface area (Å²) in [5.41, 5.74) is 0.585. The van der Waals surface area contributed by atoms with E-state index in [9.17, 15) is 0 Å². The van der Waals surface area contributed by atoms with Gasteiger partial charge >= 0.3 is 0 Å². The van der Waals surface area contributed by atoms with Crippen LogP contribution in [0.5, 0.6) is 5.88 Å². The fraction of sp³-hybridized carbons (Fsp3) is 0.125. The smallest absolute Gasteiger partial charge is 0.235 e. The lowest BCUT2D eigenvalue weighted by atomic mass is 10.5. The Hall–Kier alpha value is -1.18. The summed E-state index contributed by atoms with van der Waals surface area (Å²) >= 11 is 2.07. The third-order valence-corrected chi connectivity index (χ3v) is 2.12. The number of ether oxygens (including phenoxy) is 1. The van der Waals surface area contributed by atoms with Crippen LogP contribution in [-0.2, 0) is 0 Å². The molecule has 0 saturated carbocycles. The zero-order valence-electron chi connectivity index (χ0n) is 9.88. The Balaban J connectivity index is 2.29. The Morgan fingerprint density at radius 1 is 1.64 bits per heavy atom. The summed E-state index contributed by atoms with van der Waals surface area (Å²) in [7, 11) is -2.54. The van der Waals surface area contributed by atoms with Crippen molar-refractivity contribution >= 4 is 22.6 Å². The van der Waals surface area contributed by atoms with Gasteiger partial charge in [0.25, 0.3) is 0 Å². The van der Waals surface area contributed by atoms with E-state index in [1.54, 1.807) is 10.9 Å². The molecule has 5 nitrogen and oxygen atoms in total. The Labute approximate surface area is 98.5 Å². The number of methoxy groups -OCH3 is 1. The van der Waals surface area contributed by atoms with E-state index in [1.807, 2.05) is 6.07 Å². The van der Waals surface area contributed by atoms with Gasteiger partial charge in [-0.3, -0.25) is 0 Å². The minimum atomic E-state index is -2.54. The van der Waals surface area contributed by atoms with Gasteiger partial charge in [-0.05, 0) is 28.7 Å². The summed E-state index contributed by atoms with van der Waals surface area (Å²) in [4.78, 5) is 0. The van der Waals surface area contributed by atoms with Gasteiger partial charge in [0.1, 0.15) is 3.70 Å². The number of rotatable bonds is 2. The molecule has 72 valence electrons. The predicted molar refractivity (Wildman–Crippen MR) is 58.4 cm³/mol. The Morgan fingerprint density at radius 3 is 3.29 bits per heavy atom. The fourth-order valence-corrected chi connectivity index (χ4v) is 1.35. The van der Waals surface area contributed by atoms with E-state index >= 15 is 0 Å². The molecule has 6 heteroatoms. The maximum absolute atomic E-state index is 6.97. The van der Waals surface area contributed by atoms with Crippen LogP contribution < -0.4 is 4.74 Å². The van der Waals surface area contributed by atoms with Crippen molar-refractivity contribution in [1.82, 2.24) is 20.0 Å². The summed E-state index contributed by atoms with van der Waals surface area (Å²) in [6, 6.07) is 3.27. The second kappa shape index (κ2) is 3.91. The number of nitrogens with zero attached hydrogens (tertiary/aromatic N) is 4. The largest absolute Gasteiger partial charge is 0.480 e. The van der Waals surface area contributed by atoms with Gasteiger partial charge in [0.2, 0.25) is 5.88 Å². The van der Waals surface area contributed by atoms with Gasteiger partial charge in [0.05, 0.1) is 23.0 Å². The zero-order chi connectivity index (χ0) is 12.5. The number of aromatic nitrogens is 4. The van der Waals surface area contributed by atoms with Crippen LogP contribution >= 0.6 is 22.6 Å². The third-order valence-electron chi connectivity index (χ3n) is 1.54. The Kier molecular flexibility index (Phi) is 1.77. The van der Waals surface area contributed by atoms with Crippen LogP contribution in [0.4, 0.5) is 0 Å². The van der Waals surface area contributed by atoms with Crippen LogP contribution in [0.1, 0.15) is 4.11 Å². The van der Waals surface area contributed by atoms with E-state index < -0.39 is 7.04 Å². The van der Waals surface area contributed by atoms with Crippen LogP contribution in [0, 0.1) is 3.70 Å². The summed E-state index contributed by atoms with van der Waals surface area (Å²) in [5.74, 6) is -0.0620. The minimum absolute atomic E-state index is 0.0620. The van der Waals surface area contributed by atoms with Crippen LogP contribution in [0.15, 0.2) is 24.5 Å². The highest BCUT2D eigenvalue weighted by atomic mass is 127. The van der Waals surface area contributed by atoms with E-state index in [1.165, 1.54) is 12.3 Å². The van der Waals surface area contributed by atoms with Gasteiger partial charge in [-0.1, -0.05) is 0 Å². The molecule has 0 spiro atoms. The van der Waals surface area contributed by atoms with Crippen molar-refractivity contribution in [2.24, 2.45) is 0 Å². The van der Waals surface area contributed by atoms with E-state index in [-0.39, 0.29) is 5.88 Å². The van der Waals surface area contributed by atoms with Crippen molar-refractivity contribution in [3.63, 3.8) is 0 Å². The van der Waals surface area contributed by atoms with Crippen molar-refractivity contribution in [2.75, 3.05) is 7.04 Å². The molecule has 0 N–H and O–H groups in total. The normalized spacial score (nSPS) is 14.2. The molecule has 0 aliphatic heterocycles.